The molecule has 1 aliphatic carbocycles. The molecule has 66 valence electrons. The second-order valence-corrected chi connectivity index (χ2v) is 4.01. The van der Waals surface area contributed by atoms with Gasteiger partial charge in [-0.25, -0.2) is 0 Å². The van der Waals surface area contributed by atoms with Crippen LogP contribution in [0.3, 0.4) is 0 Å². The summed E-state index contributed by atoms with van der Waals surface area (Å²) >= 11 is 0. The number of nitrogens with two attached hydrogens (primary N) is 1. The summed E-state index contributed by atoms with van der Waals surface area (Å²) in [5.41, 5.74) is 6.09. The molecule has 0 radical (unpaired) electrons. The maximum Gasteiger partial charge on any atom is 0.0282 e. The van der Waals surface area contributed by atoms with Crippen molar-refractivity contribution in [2.24, 2.45) is 11.7 Å². The molecule has 0 saturated heterocycles. The third kappa shape index (κ3) is 3.21. The lowest BCUT2D eigenvalue weighted by atomic mass is 10.1. The lowest BCUT2D eigenvalue weighted by Crippen LogP contribution is -2.37. The molecule has 0 amide bonds. The van der Waals surface area contributed by atoms with Gasteiger partial charge in [-0.2, -0.15) is 0 Å². The van der Waals surface area contributed by atoms with Gasteiger partial charge >= 0.3 is 0 Å². The third-order valence-electron chi connectivity index (χ3n) is 2.56. The predicted octanol–water partition coefficient (Wildman–Crippen LogP) is 1.11. The minimum atomic E-state index is 0.174. The zero-order valence-electron chi connectivity index (χ0n) is 7.69. The van der Waals surface area contributed by atoms with Crippen LogP contribution in [-0.2, 0) is 0 Å². The standard InChI is InChI=1S/C9H20N2/c1-3-8(2)6-11-7-9(10)4-5-9/h8,11H,3-7,10H2,1-2H3. The van der Waals surface area contributed by atoms with Crippen LogP contribution in [0.15, 0.2) is 0 Å². The van der Waals surface area contributed by atoms with E-state index in [-0.39, 0.29) is 5.54 Å². The Morgan fingerprint density at radius 1 is 1.55 bits per heavy atom. The molecule has 1 atom stereocenters. The maximum atomic E-state index is 5.91. The van der Waals surface area contributed by atoms with E-state index in [4.69, 9.17) is 5.73 Å². The SMILES string of the molecule is CCC(C)CNCC1(N)CC1. The summed E-state index contributed by atoms with van der Waals surface area (Å²) in [6, 6.07) is 0. The minimum Gasteiger partial charge on any atom is -0.324 e. The van der Waals surface area contributed by atoms with E-state index < -0.39 is 0 Å². The highest BCUT2D eigenvalue weighted by Crippen LogP contribution is 2.30. The van der Waals surface area contributed by atoms with E-state index in [1.165, 1.54) is 19.3 Å². The summed E-state index contributed by atoms with van der Waals surface area (Å²) in [6.07, 6.45) is 3.67. The Bertz CT molecular complexity index is 119. The summed E-state index contributed by atoms with van der Waals surface area (Å²) in [5.74, 6) is 0.789. The summed E-state index contributed by atoms with van der Waals surface area (Å²) in [7, 11) is 0. The molecule has 0 spiro atoms. The van der Waals surface area contributed by atoms with Crippen LogP contribution in [0.5, 0.6) is 0 Å². The lowest BCUT2D eigenvalue weighted by Gasteiger charge is -2.13. The molecular formula is C9H20N2. The van der Waals surface area contributed by atoms with Crippen molar-refractivity contribution < 1.29 is 0 Å². The third-order valence-corrected chi connectivity index (χ3v) is 2.56. The van der Waals surface area contributed by atoms with Gasteiger partial charge < -0.3 is 11.1 Å². The van der Waals surface area contributed by atoms with E-state index in [1.54, 1.807) is 0 Å². The highest BCUT2D eigenvalue weighted by atomic mass is 15.0. The van der Waals surface area contributed by atoms with E-state index in [9.17, 15) is 0 Å². The fraction of sp³-hybridized carbons (Fsp3) is 1.00. The van der Waals surface area contributed by atoms with Crippen LogP contribution < -0.4 is 11.1 Å². The van der Waals surface area contributed by atoms with Crippen molar-refractivity contribution in [2.75, 3.05) is 13.1 Å². The summed E-state index contributed by atoms with van der Waals surface area (Å²) in [4.78, 5) is 0. The van der Waals surface area contributed by atoms with Crippen LogP contribution in [0.1, 0.15) is 33.1 Å². The molecule has 0 aromatic carbocycles. The van der Waals surface area contributed by atoms with Crippen LogP contribution >= 0.6 is 0 Å². The molecule has 1 fully saturated rings. The molecule has 0 heterocycles. The Morgan fingerprint density at radius 3 is 2.64 bits per heavy atom. The monoisotopic (exact) mass is 156 g/mol. The van der Waals surface area contributed by atoms with Crippen LogP contribution in [0.2, 0.25) is 0 Å². The summed E-state index contributed by atoms with van der Waals surface area (Å²) in [6.45, 7) is 6.62. The van der Waals surface area contributed by atoms with Gasteiger partial charge in [0.2, 0.25) is 0 Å². The Kier molecular flexibility index (Phi) is 2.90. The maximum absolute atomic E-state index is 5.91. The molecule has 3 N–H and O–H groups in total. The molecule has 0 aliphatic heterocycles. The van der Waals surface area contributed by atoms with Crippen molar-refractivity contribution in [1.82, 2.24) is 5.32 Å². The second kappa shape index (κ2) is 3.55. The topological polar surface area (TPSA) is 38.0 Å². The number of hydrogen-bond donors (Lipinski definition) is 2. The van der Waals surface area contributed by atoms with E-state index in [1.807, 2.05) is 0 Å². The molecule has 2 heteroatoms. The van der Waals surface area contributed by atoms with Gasteiger partial charge in [0.05, 0.1) is 0 Å². The quantitative estimate of drug-likeness (QED) is 0.626. The van der Waals surface area contributed by atoms with E-state index in [0.29, 0.717) is 0 Å². The Morgan fingerprint density at radius 2 is 2.18 bits per heavy atom. The van der Waals surface area contributed by atoms with Gasteiger partial charge in [-0.3, -0.25) is 0 Å². The first-order valence-corrected chi connectivity index (χ1v) is 4.66. The van der Waals surface area contributed by atoms with Crippen LogP contribution in [0.25, 0.3) is 0 Å². The summed E-state index contributed by atoms with van der Waals surface area (Å²) in [5, 5.41) is 3.41. The predicted molar refractivity (Wildman–Crippen MR) is 48.5 cm³/mol. The summed E-state index contributed by atoms with van der Waals surface area (Å²) < 4.78 is 0. The smallest absolute Gasteiger partial charge is 0.0282 e. The number of nitrogens with one attached hydrogen (secondary N) is 1. The largest absolute Gasteiger partial charge is 0.324 e. The molecule has 0 bridgehead atoms. The van der Waals surface area contributed by atoms with Crippen molar-refractivity contribution in [2.45, 2.75) is 38.6 Å². The van der Waals surface area contributed by atoms with Gasteiger partial charge in [0.25, 0.3) is 0 Å². The Hall–Kier alpha value is -0.0800. The average molecular weight is 156 g/mol. The average Bonchev–Trinajstić information content (AvgIpc) is 2.68. The van der Waals surface area contributed by atoms with Gasteiger partial charge in [-0.05, 0) is 25.3 Å². The van der Waals surface area contributed by atoms with Gasteiger partial charge in [0.1, 0.15) is 0 Å². The van der Waals surface area contributed by atoms with Crippen LogP contribution in [0, 0.1) is 5.92 Å². The Labute approximate surface area is 69.5 Å². The van der Waals surface area contributed by atoms with Crippen molar-refractivity contribution in [3.8, 4) is 0 Å². The zero-order valence-corrected chi connectivity index (χ0v) is 7.69. The van der Waals surface area contributed by atoms with Gasteiger partial charge in [0.15, 0.2) is 0 Å². The molecule has 1 aliphatic rings. The van der Waals surface area contributed by atoms with Crippen LogP contribution in [-0.4, -0.2) is 18.6 Å². The highest BCUT2D eigenvalue weighted by Gasteiger charge is 2.37. The molecule has 0 aromatic heterocycles. The van der Waals surface area contributed by atoms with Crippen molar-refractivity contribution in [3.63, 3.8) is 0 Å². The fourth-order valence-electron chi connectivity index (χ4n) is 1.05. The zero-order chi connectivity index (χ0) is 8.32. The minimum absolute atomic E-state index is 0.174. The lowest BCUT2D eigenvalue weighted by molar-refractivity contribution is 0.473. The van der Waals surface area contributed by atoms with Crippen LogP contribution in [0.4, 0.5) is 0 Å². The Balaban J connectivity index is 1.95. The van der Waals surface area contributed by atoms with Crippen molar-refractivity contribution in [1.29, 1.82) is 0 Å². The highest BCUT2D eigenvalue weighted by molar-refractivity contribution is 5.00. The molecule has 11 heavy (non-hydrogen) atoms. The molecule has 1 unspecified atom stereocenters. The molecule has 0 aromatic rings. The number of hydrogen-bond acceptors (Lipinski definition) is 2. The van der Waals surface area contributed by atoms with Crippen molar-refractivity contribution in [3.05, 3.63) is 0 Å². The second-order valence-electron chi connectivity index (χ2n) is 4.01. The number of rotatable bonds is 5. The molecule has 1 saturated carbocycles. The normalized spacial score (nSPS) is 23.2. The van der Waals surface area contributed by atoms with Gasteiger partial charge in [-0.1, -0.05) is 20.3 Å². The molecular weight excluding hydrogens is 136 g/mol. The molecule has 1 rings (SSSR count). The van der Waals surface area contributed by atoms with Gasteiger partial charge in [-0.15, -0.1) is 0 Å². The van der Waals surface area contributed by atoms with E-state index in [0.717, 1.165) is 19.0 Å². The van der Waals surface area contributed by atoms with E-state index in [2.05, 4.69) is 19.2 Å². The van der Waals surface area contributed by atoms with Crippen molar-refractivity contribution >= 4 is 0 Å². The molecule has 2 nitrogen and oxygen atoms in total. The first-order valence-electron chi connectivity index (χ1n) is 4.66. The first kappa shape index (κ1) is 9.01. The van der Waals surface area contributed by atoms with E-state index >= 15 is 0 Å². The van der Waals surface area contributed by atoms with Gasteiger partial charge in [0, 0.05) is 12.1 Å². The first-order chi connectivity index (χ1) is 5.16. The fourth-order valence-corrected chi connectivity index (χ4v) is 1.05.